The van der Waals surface area contributed by atoms with Crippen LogP contribution in [0, 0.1) is 13.8 Å². The van der Waals surface area contributed by atoms with Gasteiger partial charge in [0.25, 0.3) is 20.0 Å². The van der Waals surface area contributed by atoms with Crippen LogP contribution >= 0.6 is 0 Å². The van der Waals surface area contributed by atoms with Crippen LogP contribution in [0.15, 0.2) is 70.5 Å². The third kappa shape index (κ3) is 8.18. The number of fused-ring (bicyclic) bond motifs is 1. The molecule has 1 aliphatic rings. The summed E-state index contributed by atoms with van der Waals surface area (Å²) in [6.07, 6.45) is -6.92. The van der Waals surface area contributed by atoms with Gasteiger partial charge in [-0.25, -0.2) is 21.6 Å². The predicted octanol–water partition coefficient (Wildman–Crippen LogP) is 5.06. The fourth-order valence-corrected chi connectivity index (χ4v) is 7.63. The number of alkyl halides is 3. The highest BCUT2D eigenvalue weighted by Crippen LogP contribution is 2.39. The Bertz CT molecular complexity index is 1890. The zero-order valence-electron chi connectivity index (χ0n) is 25.6. The van der Waals surface area contributed by atoms with E-state index in [1.807, 2.05) is 4.72 Å². The Hall–Kier alpha value is -4.11. The van der Waals surface area contributed by atoms with Crippen LogP contribution in [0.4, 0.5) is 18.9 Å². The second kappa shape index (κ2) is 12.6. The van der Waals surface area contributed by atoms with Gasteiger partial charge in [0, 0.05) is 0 Å². The quantitative estimate of drug-likeness (QED) is 0.326. The largest absolute Gasteiger partial charge is 0.486 e. The number of sulfonamides is 2. The molecule has 1 heterocycles. The van der Waals surface area contributed by atoms with Gasteiger partial charge < -0.3 is 9.47 Å². The average Bonchev–Trinajstić information content (AvgIpc) is 2.92. The summed E-state index contributed by atoms with van der Waals surface area (Å²) < 4.78 is 108. The summed E-state index contributed by atoms with van der Waals surface area (Å²) in [5.74, 6) is -1.65. The standard InChI is InChI=1S/C31H33F3N2O8S2/c1-19-9-10-20(2)27(13-19)45(39,40)35-28(37)17-23-18-36(46(41,42)24-8-6-7-22(16-24)31(32,33)34)25-14-21(11-12-26(25)43-23)15-29(38)44-30(3,4)5/h6-14,16,23H,15,17-18H2,1-5H3,(H,35,37)/t23-/m0/s1. The number of aryl methyl sites for hydroxylation is 2. The highest BCUT2D eigenvalue weighted by Gasteiger charge is 2.38. The summed E-state index contributed by atoms with van der Waals surface area (Å²) in [6.45, 7) is 7.73. The maximum Gasteiger partial charge on any atom is 0.416 e. The van der Waals surface area contributed by atoms with E-state index in [4.69, 9.17) is 9.47 Å². The summed E-state index contributed by atoms with van der Waals surface area (Å²) in [7, 11) is -9.00. The van der Waals surface area contributed by atoms with Gasteiger partial charge in [0.15, 0.2) is 0 Å². The molecule has 1 aliphatic heterocycles. The normalized spacial score (nSPS) is 15.5. The van der Waals surface area contributed by atoms with Crippen LogP contribution in [0.5, 0.6) is 5.75 Å². The lowest BCUT2D eigenvalue weighted by atomic mass is 10.1. The van der Waals surface area contributed by atoms with Crippen LogP contribution in [-0.4, -0.2) is 47.0 Å². The molecule has 0 fully saturated rings. The maximum atomic E-state index is 13.9. The first-order chi connectivity index (χ1) is 21.2. The monoisotopic (exact) mass is 682 g/mol. The third-order valence-corrected chi connectivity index (χ3v) is 10.1. The summed E-state index contributed by atoms with van der Waals surface area (Å²) in [5.41, 5.74) is -0.684. The lowest BCUT2D eigenvalue weighted by Crippen LogP contribution is -2.46. The molecule has 0 saturated heterocycles. The number of anilines is 1. The van der Waals surface area contributed by atoms with Gasteiger partial charge in [-0.05, 0) is 87.7 Å². The Morgan fingerprint density at radius 3 is 2.33 bits per heavy atom. The fourth-order valence-electron chi connectivity index (χ4n) is 4.76. The van der Waals surface area contributed by atoms with Crippen molar-refractivity contribution < 1.29 is 49.1 Å². The summed E-state index contributed by atoms with van der Waals surface area (Å²) >= 11 is 0. The highest BCUT2D eigenvalue weighted by atomic mass is 32.2. The van der Waals surface area contributed by atoms with Gasteiger partial charge in [-0.15, -0.1) is 0 Å². The second-order valence-corrected chi connectivity index (χ2v) is 15.4. The Morgan fingerprint density at radius 1 is 0.978 bits per heavy atom. The van der Waals surface area contributed by atoms with E-state index in [-0.39, 0.29) is 22.8 Å². The second-order valence-electron chi connectivity index (χ2n) is 11.9. The molecule has 0 spiro atoms. The smallest absolute Gasteiger partial charge is 0.416 e. The molecular weight excluding hydrogens is 649 g/mol. The summed E-state index contributed by atoms with van der Waals surface area (Å²) in [5, 5.41) is 0. The minimum absolute atomic E-state index is 0.0510. The van der Waals surface area contributed by atoms with Crippen LogP contribution in [0.25, 0.3) is 0 Å². The molecule has 0 bridgehead atoms. The van der Waals surface area contributed by atoms with Crippen molar-refractivity contribution in [1.29, 1.82) is 0 Å². The van der Waals surface area contributed by atoms with Gasteiger partial charge in [-0.3, -0.25) is 13.9 Å². The first kappa shape index (κ1) is 34.8. The molecule has 0 unspecified atom stereocenters. The molecule has 4 rings (SSSR count). The Morgan fingerprint density at radius 2 is 1.67 bits per heavy atom. The number of halogens is 3. The SMILES string of the molecule is Cc1ccc(C)c(S(=O)(=O)NC(=O)C[C@H]2CN(S(=O)(=O)c3cccc(C(F)(F)F)c3)c3cc(CC(=O)OC(C)(C)C)ccc3O2)c1. The minimum Gasteiger partial charge on any atom is -0.486 e. The fraction of sp³-hybridized carbons (Fsp3) is 0.355. The van der Waals surface area contributed by atoms with Crippen molar-refractivity contribution in [2.45, 2.75) is 75.1 Å². The number of ether oxygens (including phenoxy) is 2. The van der Waals surface area contributed by atoms with Crippen molar-refractivity contribution in [3.63, 3.8) is 0 Å². The maximum absolute atomic E-state index is 13.9. The Labute approximate surface area is 265 Å². The highest BCUT2D eigenvalue weighted by molar-refractivity contribution is 7.92. The number of nitrogens with one attached hydrogen (secondary N) is 1. The minimum atomic E-state index is -4.82. The zero-order valence-corrected chi connectivity index (χ0v) is 27.3. The number of carbonyl (C=O) groups excluding carboxylic acids is 2. The Kier molecular flexibility index (Phi) is 9.51. The van der Waals surface area contributed by atoms with Gasteiger partial charge in [-0.2, -0.15) is 13.2 Å². The molecule has 1 N–H and O–H groups in total. The number of esters is 1. The van der Waals surface area contributed by atoms with Crippen LogP contribution in [0.3, 0.4) is 0 Å². The average molecular weight is 683 g/mol. The number of rotatable bonds is 8. The van der Waals surface area contributed by atoms with Crippen LogP contribution in [-0.2, 0) is 47.0 Å². The van der Waals surface area contributed by atoms with Gasteiger partial charge in [0.1, 0.15) is 17.5 Å². The molecule has 1 amide bonds. The zero-order chi connectivity index (χ0) is 34.2. The third-order valence-electron chi connectivity index (χ3n) is 6.77. The molecule has 46 heavy (non-hydrogen) atoms. The lowest BCUT2D eigenvalue weighted by Gasteiger charge is -2.35. The van der Waals surface area contributed by atoms with E-state index >= 15 is 0 Å². The molecule has 0 saturated carbocycles. The van der Waals surface area contributed by atoms with Gasteiger partial charge in [0.05, 0.1) is 40.4 Å². The van der Waals surface area contributed by atoms with Gasteiger partial charge >= 0.3 is 12.1 Å². The number of hydrogen-bond acceptors (Lipinski definition) is 8. The van der Waals surface area contributed by atoms with E-state index in [2.05, 4.69) is 0 Å². The van der Waals surface area contributed by atoms with Crippen LogP contribution < -0.4 is 13.8 Å². The van der Waals surface area contributed by atoms with Gasteiger partial charge in [0.2, 0.25) is 5.91 Å². The molecule has 3 aromatic rings. The Balaban J connectivity index is 1.68. The van der Waals surface area contributed by atoms with Crippen molar-refractivity contribution in [3.8, 4) is 5.75 Å². The molecule has 3 aromatic carbocycles. The van der Waals surface area contributed by atoms with E-state index in [0.717, 1.165) is 22.5 Å². The summed E-state index contributed by atoms with van der Waals surface area (Å²) in [4.78, 5) is 24.7. The van der Waals surface area contributed by atoms with Crippen molar-refractivity contribution in [1.82, 2.24) is 4.72 Å². The summed E-state index contributed by atoms with van der Waals surface area (Å²) in [6, 6.07) is 12.1. The lowest BCUT2D eigenvalue weighted by molar-refractivity contribution is -0.154. The number of benzene rings is 3. The topological polar surface area (TPSA) is 136 Å². The van der Waals surface area contributed by atoms with E-state index in [9.17, 15) is 39.6 Å². The van der Waals surface area contributed by atoms with Crippen molar-refractivity contribution in [3.05, 3.63) is 82.9 Å². The van der Waals surface area contributed by atoms with Crippen LogP contribution in [0.1, 0.15) is 49.4 Å². The van der Waals surface area contributed by atoms with E-state index in [1.165, 1.54) is 24.3 Å². The van der Waals surface area contributed by atoms with Gasteiger partial charge in [-0.1, -0.05) is 24.3 Å². The first-order valence-corrected chi connectivity index (χ1v) is 16.9. The number of amides is 1. The molecule has 0 aromatic heterocycles. The molecule has 15 heteroatoms. The molecule has 1 atom stereocenters. The molecule has 10 nitrogen and oxygen atoms in total. The van der Waals surface area contributed by atoms with Crippen molar-refractivity contribution >= 4 is 37.6 Å². The first-order valence-electron chi connectivity index (χ1n) is 14.0. The van der Waals surface area contributed by atoms with Crippen molar-refractivity contribution in [2.24, 2.45) is 0 Å². The van der Waals surface area contributed by atoms with E-state index in [0.29, 0.717) is 22.8 Å². The molecule has 248 valence electrons. The number of nitrogens with zero attached hydrogens (tertiary/aromatic N) is 1. The number of carbonyl (C=O) groups is 2. The van der Waals surface area contributed by atoms with Crippen molar-refractivity contribution in [2.75, 3.05) is 10.8 Å². The van der Waals surface area contributed by atoms with E-state index in [1.54, 1.807) is 46.8 Å². The molecule has 0 radical (unpaired) electrons. The van der Waals surface area contributed by atoms with Crippen LogP contribution in [0.2, 0.25) is 0 Å². The molecular formula is C31H33F3N2O8S2. The van der Waals surface area contributed by atoms with E-state index < -0.39 is 73.2 Å². The number of hydrogen-bond donors (Lipinski definition) is 1. The predicted molar refractivity (Wildman–Crippen MR) is 162 cm³/mol. The molecule has 0 aliphatic carbocycles.